The predicted octanol–water partition coefficient (Wildman–Crippen LogP) is 2.39. The molecular formula is C17H23NO4. The topological polar surface area (TPSA) is 75.6 Å². The van der Waals surface area contributed by atoms with E-state index < -0.39 is 11.9 Å². The molecule has 2 atom stereocenters. The molecule has 0 heterocycles. The summed E-state index contributed by atoms with van der Waals surface area (Å²) in [6.07, 6.45) is 4.56. The van der Waals surface area contributed by atoms with Gasteiger partial charge in [0.15, 0.2) is 0 Å². The fourth-order valence-electron chi connectivity index (χ4n) is 2.96. The van der Waals surface area contributed by atoms with Crippen LogP contribution in [0.1, 0.15) is 37.7 Å². The molecule has 0 bridgehead atoms. The van der Waals surface area contributed by atoms with Gasteiger partial charge in [-0.2, -0.15) is 0 Å². The molecule has 0 aromatic heterocycles. The number of carbonyl (C=O) groups excluding carboxylic acids is 1. The number of carboxylic acid groups (broad SMARTS) is 1. The number of ether oxygens (including phenoxy) is 1. The molecule has 1 aromatic carbocycles. The van der Waals surface area contributed by atoms with E-state index in [1.807, 2.05) is 24.3 Å². The van der Waals surface area contributed by atoms with Crippen molar-refractivity contribution in [2.75, 3.05) is 7.11 Å². The zero-order chi connectivity index (χ0) is 15.9. The lowest BCUT2D eigenvalue weighted by Crippen LogP contribution is -2.43. The molecule has 1 saturated carbocycles. The first-order valence-electron chi connectivity index (χ1n) is 7.75. The average molecular weight is 305 g/mol. The average Bonchev–Trinajstić information content (AvgIpc) is 2.73. The Morgan fingerprint density at radius 2 is 1.86 bits per heavy atom. The van der Waals surface area contributed by atoms with Gasteiger partial charge in [0.25, 0.3) is 0 Å². The predicted molar refractivity (Wildman–Crippen MR) is 82.8 cm³/mol. The maximum atomic E-state index is 12.2. The third kappa shape index (κ3) is 4.48. The standard InChI is InChI=1S/C17H23NO4/c1-22-13-9-7-12(8-10-13)11-16(19)18-15-6-4-2-3-5-14(15)17(20)21/h7-10,14-15H,2-6,11H2,1H3,(H,18,19)(H,20,21)/t14-,15+/m1/s1. The normalized spacial score (nSPS) is 21.7. The lowest BCUT2D eigenvalue weighted by atomic mass is 9.94. The highest BCUT2D eigenvalue weighted by Crippen LogP contribution is 2.24. The molecular weight excluding hydrogens is 282 g/mol. The minimum Gasteiger partial charge on any atom is -0.497 e. The number of hydrogen-bond acceptors (Lipinski definition) is 3. The number of rotatable bonds is 5. The highest BCUT2D eigenvalue weighted by Gasteiger charge is 2.30. The van der Waals surface area contributed by atoms with Crippen molar-refractivity contribution in [2.45, 2.75) is 44.6 Å². The molecule has 120 valence electrons. The van der Waals surface area contributed by atoms with Crippen molar-refractivity contribution in [3.8, 4) is 5.75 Å². The van der Waals surface area contributed by atoms with E-state index in [2.05, 4.69) is 5.32 Å². The maximum Gasteiger partial charge on any atom is 0.308 e. The van der Waals surface area contributed by atoms with Gasteiger partial charge in [-0.1, -0.05) is 31.4 Å². The fourth-order valence-corrected chi connectivity index (χ4v) is 2.96. The Bertz CT molecular complexity index is 512. The van der Waals surface area contributed by atoms with Crippen LogP contribution in [-0.2, 0) is 16.0 Å². The third-order valence-corrected chi connectivity index (χ3v) is 4.20. The highest BCUT2D eigenvalue weighted by atomic mass is 16.5. The molecule has 0 spiro atoms. The molecule has 1 fully saturated rings. The van der Waals surface area contributed by atoms with E-state index in [0.29, 0.717) is 6.42 Å². The quantitative estimate of drug-likeness (QED) is 0.819. The van der Waals surface area contributed by atoms with Gasteiger partial charge in [-0.25, -0.2) is 0 Å². The number of amides is 1. The summed E-state index contributed by atoms with van der Waals surface area (Å²) in [6, 6.07) is 7.06. The Morgan fingerprint density at radius 3 is 2.50 bits per heavy atom. The van der Waals surface area contributed by atoms with E-state index in [1.54, 1.807) is 7.11 Å². The Labute approximate surface area is 130 Å². The van der Waals surface area contributed by atoms with Crippen molar-refractivity contribution in [3.63, 3.8) is 0 Å². The summed E-state index contributed by atoms with van der Waals surface area (Å²) in [7, 11) is 1.60. The molecule has 1 aliphatic carbocycles. The van der Waals surface area contributed by atoms with Crippen LogP contribution in [0.25, 0.3) is 0 Å². The lowest BCUT2D eigenvalue weighted by molar-refractivity contribution is -0.143. The molecule has 1 aliphatic rings. The monoisotopic (exact) mass is 305 g/mol. The van der Waals surface area contributed by atoms with E-state index in [9.17, 15) is 14.7 Å². The van der Waals surface area contributed by atoms with Crippen LogP contribution < -0.4 is 10.1 Å². The number of carbonyl (C=O) groups is 2. The van der Waals surface area contributed by atoms with Crippen molar-refractivity contribution in [1.29, 1.82) is 0 Å². The Kier molecular flexibility index (Phi) is 5.81. The molecule has 1 amide bonds. The summed E-state index contributed by atoms with van der Waals surface area (Å²) in [5.41, 5.74) is 0.888. The van der Waals surface area contributed by atoms with Gasteiger partial charge in [0.2, 0.25) is 5.91 Å². The SMILES string of the molecule is COc1ccc(CC(=O)N[C@H]2CCCCC[C@H]2C(=O)O)cc1. The van der Waals surface area contributed by atoms with Crippen LogP contribution in [0, 0.1) is 5.92 Å². The van der Waals surface area contributed by atoms with Crippen molar-refractivity contribution in [3.05, 3.63) is 29.8 Å². The smallest absolute Gasteiger partial charge is 0.308 e. The molecule has 0 saturated heterocycles. The largest absolute Gasteiger partial charge is 0.497 e. The van der Waals surface area contributed by atoms with E-state index in [-0.39, 0.29) is 18.4 Å². The number of hydrogen-bond donors (Lipinski definition) is 2. The van der Waals surface area contributed by atoms with Crippen LogP contribution >= 0.6 is 0 Å². The van der Waals surface area contributed by atoms with Gasteiger partial charge >= 0.3 is 5.97 Å². The number of methoxy groups -OCH3 is 1. The molecule has 2 N–H and O–H groups in total. The van der Waals surface area contributed by atoms with Gasteiger partial charge < -0.3 is 15.2 Å². The minimum atomic E-state index is -0.809. The molecule has 5 nitrogen and oxygen atoms in total. The molecule has 5 heteroatoms. The molecule has 2 rings (SSSR count). The minimum absolute atomic E-state index is 0.122. The van der Waals surface area contributed by atoms with Gasteiger partial charge in [0.05, 0.1) is 19.4 Å². The summed E-state index contributed by atoms with van der Waals surface area (Å²) in [4.78, 5) is 23.5. The molecule has 0 aliphatic heterocycles. The number of benzene rings is 1. The summed E-state index contributed by atoms with van der Waals surface area (Å²) < 4.78 is 5.08. The number of carboxylic acids is 1. The van der Waals surface area contributed by atoms with Gasteiger partial charge in [-0.3, -0.25) is 9.59 Å². The van der Waals surface area contributed by atoms with E-state index >= 15 is 0 Å². The lowest BCUT2D eigenvalue weighted by Gasteiger charge is -2.22. The first kappa shape index (κ1) is 16.3. The summed E-state index contributed by atoms with van der Waals surface area (Å²) in [5.74, 6) is -0.652. The maximum absolute atomic E-state index is 12.2. The highest BCUT2D eigenvalue weighted by molar-refractivity contribution is 5.80. The zero-order valence-electron chi connectivity index (χ0n) is 12.9. The Morgan fingerprint density at radius 1 is 1.18 bits per heavy atom. The van der Waals surface area contributed by atoms with Crippen LogP contribution in [0.3, 0.4) is 0 Å². The molecule has 1 aromatic rings. The van der Waals surface area contributed by atoms with Gasteiger partial charge in [0, 0.05) is 6.04 Å². The first-order chi connectivity index (χ1) is 10.6. The molecule has 0 radical (unpaired) electrons. The van der Waals surface area contributed by atoms with Crippen molar-refractivity contribution in [1.82, 2.24) is 5.32 Å². The van der Waals surface area contributed by atoms with Gasteiger partial charge in [-0.15, -0.1) is 0 Å². The van der Waals surface area contributed by atoms with E-state index in [4.69, 9.17) is 4.74 Å². The molecule has 0 unspecified atom stereocenters. The van der Waals surface area contributed by atoms with Crippen LogP contribution in [0.4, 0.5) is 0 Å². The van der Waals surface area contributed by atoms with Gasteiger partial charge in [-0.05, 0) is 30.5 Å². The second-order valence-corrected chi connectivity index (χ2v) is 5.78. The van der Waals surface area contributed by atoms with Crippen molar-refractivity contribution in [2.24, 2.45) is 5.92 Å². The Hall–Kier alpha value is -2.04. The van der Waals surface area contributed by atoms with Crippen LogP contribution in [0.5, 0.6) is 5.75 Å². The van der Waals surface area contributed by atoms with Crippen LogP contribution in [0.2, 0.25) is 0 Å². The number of nitrogens with one attached hydrogen (secondary N) is 1. The van der Waals surface area contributed by atoms with Gasteiger partial charge in [0.1, 0.15) is 5.75 Å². The van der Waals surface area contributed by atoms with Crippen molar-refractivity contribution >= 4 is 11.9 Å². The zero-order valence-corrected chi connectivity index (χ0v) is 12.9. The molecule has 22 heavy (non-hydrogen) atoms. The summed E-state index contributed by atoms with van der Waals surface area (Å²) in [6.45, 7) is 0. The first-order valence-corrected chi connectivity index (χ1v) is 7.75. The number of aliphatic carboxylic acids is 1. The third-order valence-electron chi connectivity index (χ3n) is 4.20. The van der Waals surface area contributed by atoms with Crippen LogP contribution in [-0.4, -0.2) is 30.1 Å². The summed E-state index contributed by atoms with van der Waals surface area (Å²) in [5, 5.41) is 12.2. The second-order valence-electron chi connectivity index (χ2n) is 5.78. The Balaban J connectivity index is 1.95. The van der Waals surface area contributed by atoms with E-state index in [1.165, 1.54) is 0 Å². The summed E-state index contributed by atoms with van der Waals surface area (Å²) >= 11 is 0. The van der Waals surface area contributed by atoms with Crippen LogP contribution in [0.15, 0.2) is 24.3 Å². The van der Waals surface area contributed by atoms with E-state index in [0.717, 1.165) is 37.0 Å². The fraction of sp³-hybridized carbons (Fsp3) is 0.529. The van der Waals surface area contributed by atoms with Crippen molar-refractivity contribution < 1.29 is 19.4 Å². The second kappa shape index (κ2) is 7.82.